The van der Waals surface area contributed by atoms with Gasteiger partial charge < -0.3 is 4.90 Å². The summed E-state index contributed by atoms with van der Waals surface area (Å²) in [6, 6.07) is 5.12. The highest BCUT2D eigenvalue weighted by atomic mass is 15.1. The van der Waals surface area contributed by atoms with E-state index in [9.17, 15) is 0 Å². The molecule has 70 valence electrons. The molecule has 1 fully saturated rings. The molecule has 2 rings (SSSR count). The molecule has 2 nitrogen and oxygen atoms in total. The molecule has 1 saturated heterocycles. The lowest BCUT2D eigenvalue weighted by molar-refractivity contribution is -0.898. The van der Waals surface area contributed by atoms with Crippen molar-refractivity contribution in [1.29, 1.82) is 0 Å². The lowest BCUT2D eigenvalue weighted by atomic mass is 10.1. The predicted octanol–water partition coefficient (Wildman–Crippen LogP) is -0.139. The monoisotopic (exact) mass is 178 g/mol. The molecule has 1 aliphatic rings. The van der Waals surface area contributed by atoms with Crippen LogP contribution in [0, 0.1) is 0 Å². The Bertz CT molecular complexity index is 296. The van der Waals surface area contributed by atoms with Crippen molar-refractivity contribution in [2.75, 3.05) is 13.6 Å². The van der Waals surface area contributed by atoms with Crippen LogP contribution < -0.4 is 9.47 Å². The molecule has 0 amide bonds. The zero-order chi connectivity index (χ0) is 9.26. The molecule has 2 heterocycles. The highest BCUT2D eigenvalue weighted by Gasteiger charge is 2.27. The van der Waals surface area contributed by atoms with Crippen molar-refractivity contribution >= 4 is 0 Å². The van der Waals surface area contributed by atoms with E-state index in [1.807, 2.05) is 0 Å². The van der Waals surface area contributed by atoms with Crippen LogP contribution in [0.15, 0.2) is 24.5 Å². The predicted molar refractivity (Wildman–Crippen MR) is 51.3 cm³/mol. The van der Waals surface area contributed by atoms with Crippen molar-refractivity contribution in [1.82, 2.24) is 0 Å². The van der Waals surface area contributed by atoms with Gasteiger partial charge in [-0.2, -0.15) is 0 Å². The molecule has 13 heavy (non-hydrogen) atoms. The van der Waals surface area contributed by atoms with E-state index in [-0.39, 0.29) is 0 Å². The molecule has 0 radical (unpaired) electrons. The summed E-state index contributed by atoms with van der Waals surface area (Å²) >= 11 is 0. The average Bonchev–Trinajstić information content (AvgIpc) is 2.51. The standard InChI is InChI=1S/C11H17N2/c1-12-7-3-5-10(9-12)11-6-4-8-13(11)2/h3,5,7,9,11H,4,6,8H2,1-2H3/q+1/p+1/t11-/m0/s1. The van der Waals surface area contributed by atoms with Gasteiger partial charge in [0, 0.05) is 18.9 Å². The Labute approximate surface area is 79.8 Å². The summed E-state index contributed by atoms with van der Waals surface area (Å²) in [5, 5.41) is 0. The molecule has 0 spiro atoms. The fourth-order valence-corrected chi connectivity index (χ4v) is 2.27. The summed E-state index contributed by atoms with van der Waals surface area (Å²) in [5.74, 6) is 0. The molecule has 1 unspecified atom stereocenters. The summed E-state index contributed by atoms with van der Waals surface area (Å²) < 4.78 is 2.14. The van der Waals surface area contributed by atoms with Crippen molar-refractivity contribution in [3.8, 4) is 0 Å². The Hall–Kier alpha value is -0.890. The normalized spacial score (nSPS) is 27.8. The van der Waals surface area contributed by atoms with Crippen molar-refractivity contribution in [2.45, 2.75) is 18.9 Å². The number of quaternary nitrogens is 1. The molecule has 0 aliphatic carbocycles. The van der Waals surface area contributed by atoms with Gasteiger partial charge in [0.2, 0.25) is 0 Å². The summed E-state index contributed by atoms with van der Waals surface area (Å²) in [6.07, 6.45) is 7.05. The minimum Gasteiger partial charge on any atom is -0.331 e. The molecule has 1 aromatic heterocycles. The van der Waals surface area contributed by atoms with E-state index in [0.717, 1.165) is 6.04 Å². The molecule has 2 heteroatoms. The molecule has 0 bridgehead atoms. The maximum atomic E-state index is 2.30. The molecule has 1 N–H and O–H groups in total. The van der Waals surface area contributed by atoms with Gasteiger partial charge in [-0.05, 0) is 6.07 Å². The number of pyridine rings is 1. The highest BCUT2D eigenvalue weighted by Crippen LogP contribution is 2.16. The van der Waals surface area contributed by atoms with Gasteiger partial charge in [0.05, 0.1) is 19.2 Å². The minimum atomic E-state index is 0.729. The largest absolute Gasteiger partial charge is 0.331 e. The third-order valence-corrected chi connectivity index (χ3v) is 3.02. The van der Waals surface area contributed by atoms with E-state index in [1.54, 1.807) is 4.90 Å². The van der Waals surface area contributed by atoms with Crippen LogP contribution in [0.1, 0.15) is 24.4 Å². The van der Waals surface area contributed by atoms with Gasteiger partial charge in [0.25, 0.3) is 0 Å². The van der Waals surface area contributed by atoms with E-state index < -0.39 is 0 Å². The van der Waals surface area contributed by atoms with E-state index in [1.165, 1.54) is 24.9 Å². The van der Waals surface area contributed by atoms with Gasteiger partial charge >= 0.3 is 0 Å². The second kappa shape index (κ2) is 3.46. The van der Waals surface area contributed by atoms with Crippen LogP contribution in [0.5, 0.6) is 0 Å². The SMILES string of the molecule is C[n+]1cccc([C@@H]2CCC[NH+]2C)c1. The number of nitrogens with zero attached hydrogens (tertiary/aromatic N) is 1. The summed E-state index contributed by atoms with van der Waals surface area (Å²) in [5.41, 5.74) is 1.49. The fourth-order valence-electron chi connectivity index (χ4n) is 2.27. The van der Waals surface area contributed by atoms with E-state index >= 15 is 0 Å². The molecular weight excluding hydrogens is 160 g/mol. The van der Waals surface area contributed by atoms with Crippen LogP contribution in [0.25, 0.3) is 0 Å². The maximum Gasteiger partial charge on any atom is 0.177 e. The molecule has 0 saturated carbocycles. The number of hydrogen-bond donors (Lipinski definition) is 1. The van der Waals surface area contributed by atoms with Crippen LogP contribution in [0.4, 0.5) is 0 Å². The Morgan fingerprint density at radius 1 is 1.54 bits per heavy atom. The van der Waals surface area contributed by atoms with Gasteiger partial charge in [-0.25, -0.2) is 4.57 Å². The summed E-state index contributed by atoms with van der Waals surface area (Å²) in [6.45, 7) is 1.32. The zero-order valence-electron chi connectivity index (χ0n) is 8.46. The highest BCUT2D eigenvalue weighted by molar-refractivity contribution is 5.09. The molecular formula is C11H18N2+2. The van der Waals surface area contributed by atoms with Crippen molar-refractivity contribution in [3.05, 3.63) is 30.1 Å². The average molecular weight is 178 g/mol. The third kappa shape index (κ3) is 1.73. The number of nitrogens with one attached hydrogen (secondary N) is 1. The van der Waals surface area contributed by atoms with Gasteiger partial charge in [0.15, 0.2) is 12.4 Å². The fraction of sp³-hybridized carbons (Fsp3) is 0.545. The second-order valence-electron chi connectivity index (χ2n) is 4.09. The quantitative estimate of drug-likeness (QED) is 0.573. The number of aryl methyl sites for hydroxylation is 1. The van der Waals surface area contributed by atoms with E-state index in [4.69, 9.17) is 0 Å². The van der Waals surface area contributed by atoms with Crippen molar-refractivity contribution < 1.29 is 9.47 Å². The van der Waals surface area contributed by atoms with Crippen LogP contribution in [-0.4, -0.2) is 13.6 Å². The van der Waals surface area contributed by atoms with E-state index in [0.29, 0.717) is 0 Å². The summed E-state index contributed by atoms with van der Waals surface area (Å²) in [4.78, 5) is 1.66. The topological polar surface area (TPSA) is 8.32 Å². The van der Waals surface area contributed by atoms with Gasteiger partial charge in [-0.15, -0.1) is 0 Å². The second-order valence-corrected chi connectivity index (χ2v) is 4.09. The molecule has 1 aliphatic heterocycles. The van der Waals surface area contributed by atoms with Gasteiger partial charge in [0.1, 0.15) is 13.1 Å². The molecule has 2 atom stereocenters. The van der Waals surface area contributed by atoms with Crippen LogP contribution in [0.2, 0.25) is 0 Å². The Kier molecular flexibility index (Phi) is 2.32. The Morgan fingerprint density at radius 3 is 3.00 bits per heavy atom. The zero-order valence-corrected chi connectivity index (χ0v) is 8.46. The third-order valence-electron chi connectivity index (χ3n) is 3.02. The first-order valence-electron chi connectivity index (χ1n) is 5.05. The van der Waals surface area contributed by atoms with Gasteiger partial charge in [-0.1, -0.05) is 0 Å². The van der Waals surface area contributed by atoms with E-state index in [2.05, 4.69) is 43.2 Å². The first kappa shape index (κ1) is 8.70. The smallest absolute Gasteiger partial charge is 0.177 e. The van der Waals surface area contributed by atoms with Crippen LogP contribution in [-0.2, 0) is 7.05 Å². The first-order chi connectivity index (χ1) is 6.27. The number of hydrogen-bond acceptors (Lipinski definition) is 0. The summed E-state index contributed by atoms with van der Waals surface area (Å²) in [7, 11) is 4.39. The molecule has 0 aromatic carbocycles. The van der Waals surface area contributed by atoms with Crippen molar-refractivity contribution in [3.63, 3.8) is 0 Å². The van der Waals surface area contributed by atoms with Crippen molar-refractivity contribution in [2.24, 2.45) is 7.05 Å². The first-order valence-corrected chi connectivity index (χ1v) is 5.05. The van der Waals surface area contributed by atoms with Gasteiger partial charge in [-0.3, -0.25) is 0 Å². The Morgan fingerprint density at radius 2 is 2.38 bits per heavy atom. The lowest BCUT2D eigenvalue weighted by Crippen LogP contribution is -3.07. The number of rotatable bonds is 1. The van der Waals surface area contributed by atoms with Crippen LogP contribution >= 0.6 is 0 Å². The number of likely N-dealkylation sites (tertiary alicyclic amines) is 1. The maximum absolute atomic E-state index is 2.30. The van der Waals surface area contributed by atoms with Crippen LogP contribution in [0.3, 0.4) is 0 Å². The minimum absolute atomic E-state index is 0.729. The molecule has 1 aromatic rings. The Balaban J connectivity index is 2.24. The lowest BCUT2D eigenvalue weighted by Gasteiger charge is -2.15. The number of aromatic nitrogens is 1.